The standard InChI is InChI=1S/C22H25N3O2/c26-21(16-17-4-2-1-3-5-17)23-19-8-10-20(11-9-19)24-12-14-25(15-13-24)22(27)18-6-7-18/h1-5,8-11,18H,6-7,12-16H2,(H,23,26). The molecule has 5 nitrogen and oxygen atoms in total. The Hall–Kier alpha value is -2.82. The molecule has 0 aromatic heterocycles. The highest BCUT2D eigenvalue weighted by Crippen LogP contribution is 2.31. The smallest absolute Gasteiger partial charge is 0.228 e. The first-order valence-corrected chi connectivity index (χ1v) is 9.66. The van der Waals surface area contributed by atoms with Crippen LogP contribution in [0.4, 0.5) is 11.4 Å². The lowest BCUT2D eigenvalue weighted by Gasteiger charge is -2.36. The SMILES string of the molecule is O=C(Cc1ccccc1)Nc1ccc(N2CCN(C(=O)C3CC3)CC2)cc1. The van der Waals surface area contributed by atoms with E-state index in [9.17, 15) is 9.59 Å². The van der Waals surface area contributed by atoms with Crippen LogP contribution in [0.5, 0.6) is 0 Å². The number of carbonyl (C=O) groups is 2. The molecule has 1 heterocycles. The fraction of sp³-hybridized carbons (Fsp3) is 0.364. The third-order valence-electron chi connectivity index (χ3n) is 5.24. The van der Waals surface area contributed by atoms with Gasteiger partial charge in [0.05, 0.1) is 6.42 Å². The molecule has 1 N–H and O–H groups in total. The number of carbonyl (C=O) groups excluding carboxylic acids is 2. The Morgan fingerprint density at radius 1 is 0.889 bits per heavy atom. The van der Waals surface area contributed by atoms with Gasteiger partial charge in [0.15, 0.2) is 0 Å². The van der Waals surface area contributed by atoms with E-state index in [4.69, 9.17) is 0 Å². The summed E-state index contributed by atoms with van der Waals surface area (Å²) < 4.78 is 0. The maximum Gasteiger partial charge on any atom is 0.228 e. The molecule has 2 aliphatic rings. The fourth-order valence-electron chi connectivity index (χ4n) is 3.52. The van der Waals surface area contributed by atoms with Gasteiger partial charge in [-0.25, -0.2) is 0 Å². The highest BCUT2D eigenvalue weighted by Gasteiger charge is 2.34. The molecule has 1 saturated carbocycles. The molecule has 27 heavy (non-hydrogen) atoms. The van der Waals surface area contributed by atoms with Gasteiger partial charge in [-0.1, -0.05) is 30.3 Å². The first-order valence-electron chi connectivity index (χ1n) is 9.66. The maximum absolute atomic E-state index is 12.2. The second-order valence-electron chi connectivity index (χ2n) is 7.34. The zero-order valence-corrected chi connectivity index (χ0v) is 15.4. The van der Waals surface area contributed by atoms with E-state index in [0.29, 0.717) is 18.2 Å². The van der Waals surface area contributed by atoms with E-state index in [0.717, 1.165) is 56.0 Å². The summed E-state index contributed by atoms with van der Waals surface area (Å²) in [5.41, 5.74) is 2.95. The Morgan fingerprint density at radius 3 is 2.19 bits per heavy atom. The molecule has 2 aromatic carbocycles. The summed E-state index contributed by atoms with van der Waals surface area (Å²) in [4.78, 5) is 28.6. The van der Waals surface area contributed by atoms with Crippen LogP contribution in [-0.4, -0.2) is 42.9 Å². The molecule has 2 aromatic rings. The summed E-state index contributed by atoms with van der Waals surface area (Å²) in [6, 6.07) is 17.7. The van der Waals surface area contributed by atoms with Crippen molar-refractivity contribution < 1.29 is 9.59 Å². The zero-order chi connectivity index (χ0) is 18.6. The molecule has 5 heteroatoms. The van der Waals surface area contributed by atoms with E-state index in [1.54, 1.807) is 0 Å². The van der Waals surface area contributed by atoms with Crippen molar-refractivity contribution in [1.82, 2.24) is 4.90 Å². The molecule has 2 fully saturated rings. The van der Waals surface area contributed by atoms with Gasteiger partial charge in [-0.05, 0) is 42.7 Å². The van der Waals surface area contributed by atoms with Crippen LogP contribution in [0.3, 0.4) is 0 Å². The first kappa shape index (κ1) is 17.6. The number of nitrogens with one attached hydrogen (secondary N) is 1. The molecule has 0 atom stereocenters. The lowest BCUT2D eigenvalue weighted by molar-refractivity contribution is -0.132. The minimum Gasteiger partial charge on any atom is -0.368 e. The number of amides is 2. The highest BCUT2D eigenvalue weighted by molar-refractivity contribution is 5.92. The van der Waals surface area contributed by atoms with Gasteiger partial charge in [0, 0.05) is 43.5 Å². The summed E-state index contributed by atoms with van der Waals surface area (Å²) >= 11 is 0. The highest BCUT2D eigenvalue weighted by atomic mass is 16.2. The number of nitrogens with zero attached hydrogens (tertiary/aromatic N) is 2. The van der Waals surface area contributed by atoms with Gasteiger partial charge in [0.2, 0.25) is 11.8 Å². The molecule has 0 radical (unpaired) electrons. The van der Waals surface area contributed by atoms with Crippen LogP contribution in [0.25, 0.3) is 0 Å². The Kier molecular flexibility index (Phi) is 5.10. The minimum absolute atomic E-state index is 0.0128. The van der Waals surface area contributed by atoms with Gasteiger partial charge in [0.25, 0.3) is 0 Å². The van der Waals surface area contributed by atoms with Crippen LogP contribution in [0.2, 0.25) is 0 Å². The fourth-order valence-corrected chi connectivity index (χ4v) is 3.52. The van der Waals surface area contributed by atoms with Crippen molar-refractivity contribution in [2.45, 2.75) is 19.3 Å². The van der Waals surface area contributed by atoms with E-state index in [2.05, 4.69) is 10.2 Å². The van der Waals surface area contributed by atoms with Crippen LogP contribution in [0, 0.1) is 5.92 Å². The van der Waals surface area contributed by atoms with Crippen molar-refractivity contribution in [2.75, 3.05) is 36.4 Å². The second kappa shape index (κ2) is 7.82. The largest absolute Gasteiger partial charge is 0.368 e. The number of piperazine rings is 1. The number of benzene rings is 2. The quantitative estimate of drug-likeness (QED) is 0.889. The van der Waals surface area contributed by atoms with Gasteiger partial charge in [-0.2, -0.15) is 0 Å². The lowest BCUT2D eigenvalue weighted by Crippen LogP contribution is -2.49. The topological polar surface area (TPSA) is 52.7 Å². The van der Waals surface area contributed by atoms with Gasteiger partial charge in [0.1, 0.15) is 0 Å². The summed E-state index contributed by atoms with van der Waals surface area (Å²) in [5, 5.41) is 2.95. The van der Waals surface area contributed by atoms with Crippen molar-refractivity contribution in [3.63, 3.8) is 0 Å². The lowest BCUT2D eigenvalue weighted by atomic mass is 10.1. The van der Waals surface area contributed by atoms with Crippen LogP contribution >= 0.6 is 0 Å². The summed E-state index contributed by atoms with van der Waals surface area (Å²) in [5.74, 6) is 0.627. The normalized spacial score (nSPS) is 16.9. The average Bonchev–Trinajstić information content (AvgIpc) is 3.54. The number of rotatable bonds is 5. The van der Waals surface area contributed by atoms with Crippen molar-refractivity contribution >= 4 is 23.2 Å². The van der Waals surface area contributed by atoms with E-state index in [1.165, 1.54) is 0 Å². The Bertz CT molecular complexity index is 792. The molecule has 1 aliphatic heterocycles. The summed E-state index contributed by atoms with van der Waals surface area (Å²) in [6.45, 7) is 3.31. The Balaban J connectivity index is 1.28. The maximum atomic E-state index is 12.2. The van der Waals surface area contributed by atoms with Gasteiger partial charge in [-0.15, -0.1) is 0 Å². The van der Waals surface area contributed by atoms with Gasteiger partial charge in [-0.3, -0.25) is 9.59 Å². The number of hydrogen-bond acceptors (Lipinski definition) is 3. The molecular formula is C22H25N3O2. The van der Waals surface area contributed by atoms with Crippen LogP contribution in [0.15, 0.2) is 54.6 Å². The van der Waals surface area contributed by atoms with Crippen molar-refractivity contribution in [1.29, 1.82) is 0 Å². The Morgan fingerprint density at radius 2 is 1.56 bits per heavy atom. The van der Waals surface area contributed by atoms with Crippen LogP contribution in [0.1, 0.15) is 18.4 Å². The summed E-state index contributed by atoms with van der Waals surface area (Å²) in [7, 11) is 0. The molecule has 0 bridgehead atoms. The molecule has 140 valence electrons. The predicted molar refractivity (Wildman–Crippen MR) is 107 cm³/mol. The molecule has 4 rings (SSSR count). The van der Waals surface area contributed by atoms with E-state index in [1.807, 2.05) is 59.5 Å². The predicted octanol–water partition coefficient (Wildman–Crippen LogP) is 2.93. The molecule has 0 unspecified atom stereocenters. The Labute approximate surface area is 160 Å². The van der Waals surface area contributed by atoms with E-state index >= 15 is 0 Å². The molecule has 2 amide bonds. The monoisotopic (exact) mass is 363 g/mol. The van der Waals surface area contributed by atoms with E-state index < -0.39 is 0 Å². The number of anilines is 2. The number of hydrogen-bond donors (Lipinski definition) is 1. The first-order chi connectivity index (χ1) is 13.2. The third-order valence-corrected chi connectivity index (χ3v) is 5.24. The van der Waals surface area contributed by atoms with Gasteiger partial charge < -0.3 is 15.1 Å². The third kappa shape index (κ3) is 4.48. The average molecular weight is 363 g/mol. The van der Waals surface area contributed by atoms with Crippen LogP contribution in [-0.2, 0) is 16.0 Å². The zero-order valence-electron chi connectivity index (χ0n) is 15.4. The van der Waals surface area contributed by atoms with Crippen molar-refractivity contribution in [3.8, 4) is 0 Å². The molecule has 1 aliphatic carbocycles. The van der Waals surface area contributed by atoms with Crippen LogP contribution < -0.4 is 10.2 Å². The molecule has 0 spiro atoms. The molecule has 1 saturated heterocycles. The van der Waals surface area contributed by atoms with E-state index in [-0.39, 0.29) is 5.91 Å². The molecular weight excluding hydrogens is 338 g/mol. The minimum atomic E-state index is -0.0128. The van der Waals surface area contributed by atoms with Gasteiger partial charge >= 0.3 is 0 Å². The van der Waals surface area contributed by atoms with Crippen molar-refractivity contribution in [2.24, 2.45) is 5.92 Å². The summed E-state index contributed by atoms with van der Waals surface area (Å²) in [6.07, 6.45) is 2.51. The van der Waals surface area contributed by atoms with Crippen molar-refractivity contribution in [3.05, 3.63) is 60.2 Å². The second-order valence-corrected chi connectivity index (χ2v) is 7.34.